The van der Waals surface area contributed by atoms with Crippen molar-refractivity contribution < 1.29 is 14.3 Å². The molecule has 2 aromatic rings. The van der Waals surface area contributed by atoms with Crippen LogP contribution in [-0.2, 0) is 16.0 Å². The topological polar surface area (TPSA) is 59.8 Å². The van der Waals surface area contributed by atoms with E-state index in [1.165, 1.54) is 32.4 Å². The fourth-order valence-corrected chi connectivity index (χ4v) is 4.86. The van der Waals surface area contributed by atoms with E-state index >= 15 is 0 Å². The lowest BCUT2D eigenvalue weighted by molar-refractivity contribution is -0.181. The molecule has 0 radical (unpaired) electrons. The highest BCUT2D eigenvalue weighted by molar-refractivity contribution is 6.04. The minimum absolute atomic E-state index is 0.0192. The van der Waals surface area contributed by atoms with Crippen LogP contribution in [0, 0.1) is 0 Å². The van der Waals surface area contributed by atoms with Gasteiger partial charge in [-0.05, 0) is 32.0 Å². The number of carbonyl (C=O) groups is 1. The summed E-state index contributed by atoms with van der Waals surface area (Å²) in [5.74, 6) is -0.446. The molecular formula is C22H30N4O3. The zero-order chi connectivity index (χ0) is 19.7. The first-order valence-corrected chi connectivity index (χ1v) is 11.0. The standard InChI is InChI=1S/C22H30N4O3/c27-21(25-12-8-22(9-13-25)28-16-17-29-22)20-18-6-2-3-7-19(18)26(23-20)15-14-24-10-4-1-5-11-24/h2-3,6-7H,1,4-5,8-17H2. The number of carbonyl (C=O) groups excluding carboxylic acids is 1. The number of likely N-dealkylation sites (tertiary alicyclic amines) is 2. The number of hydrogen-bond donors (Lipinski definition) is 0. The summed E-state index contributed by atoms with van der Waals surface area (Å²) >= 11 is 0. The van der Waals surface area contributed by atoms with Gasteiger partial charge >= 0.3 is 0 Å². The SMILES string of the molecule is O=C(c1nn(CCN2CCCCC2)c2ccccc12)N1CCC2(CC1)OCCO2. The summed E-state index contributed by atoms with van der Waals surface area (Å²) < 4.78 is 13.6. The van der Waals surface area contributed by atoms with E-state index in [4.69, 9.17) is 14.6 Å². The number of hydrogen-bond acceptors (Lipinski definition) is 5. The molecule has 7 heteroatoms. The maximum atomic E-state index is 13.3. The molecule has 1 spiro atoms. The molecule has 3 aliphatic rings. The number of benzene rings is 1. The molecule has 0 aliphatic carbocycles. The molecule has 3 aliphatic heterocycles. The number of para-hydroxylation sites is 1. The Labute approximate surface area is 171 Å². The first-order chi connectivity index (χ1) is 14.2. The van der Waals surface area contributed by atoms with Crippen molar-refractivity contribution in [2.75, 3.05) is 45.9 Å². The second kappa shape index (κ2) is 8.05. The Morgan fingerprint density at radius 2 is 1.69 bits per heavy atom. The quantitative estimate of drug-likeness (QED) is 0.792. The van der Waals surface area contributed by atoms with Gasteiger partial charge in [0.2, 0.25) is 0 Å². The lowest BCUT2D eigenvalue weighted by Gasteiger charge is -2.37. The summed E-state index contributed by atoms with van der Waals surface area (Å²) in [5, 5.41) is 5.72. The number of fused-ring (bicyclic) bond motifs is 1. The number of rotatable bonds is 4. The monoisotopic (exact) mass is 398 g/mol. The van der Waals surface area contributed by atoms with Crippen LogP contribution in [-0.4, -0.2) is 77.2 Å². The molecule has 1 aromatic carbocycles. The third-order valence-electron chi connectivity index (χ3n) is 6.56. The highest BCUT2D eigenvalue weighted by Crippen LogP contribution is 2.32. The van der Waals surface area contributed by atoms with Crippen molar-refractivity contribution >= 4 is 16.8 Å². The van der Waals surface area contributed by atoms with Crippen molar-refractivity contribution in [1.29, 1.82) is 0 Å². The first-order valence-electron chi connectivity index (χ1n) is 11.0. The van der Waals surface area contributed by atoms with Crippen LogP contribution in [0.5, 0.6) is 0 Å². The van der Waals surface area contributed by atoms with E-state index in [9.17, 15) is 4.79 Å². The van der Waals surface area contributed by atoms with Crippen LogP contribution in [0.3, 0.4) is 0 Å². The van der Waals surface area contributed by atoms with Crippen LogP contribution in [0.4, 0.5) is 0 Å². The van der Waals surface area contributed by atoms with Crippen molar-refractivity contribution in [3.63, 3.8) is 0 Å². The lowest BCUT2D eigenvalue weighted by Crippen LogP contribution is -2.47. The molecule has 0 saturated carbocycles. The molecule has 29 heavy (non-hydrogen) atoms. The molecule has 0 bridgehead atoms. The first kappa shape index (κ1) is 19.0. The number of piperidine rings is 2. The molecule has 5 rings (SSSR count). The molecule has 0 atom stereocenters. The van der Waals surface area contributed by atoms with Crippen molar-refractivity contribution in [3.05, 3.63) is 30.0 Å². The molecule has 1 aromatic heterocycles. The summed E-state index contributed by atoms with van der Waals surface area (Å²) in [5.41, 5.74) is 1.62. The van der Waals surface area contributed by atoms with Gasteiger partial charge in [-0.25, -0.2) is 0 Å². The molecule has 0 N–H and O–H groups in total. The second-order valence-electron chi connectivity index (χ2n) is 8.39. The maximum Gasteiger partial charge on any atom is 0.275 e. The van der Waals surface area contributed by atoms with E-state index in [0.29, 0.717) is 32.0 Å². The van der Waals surface area contributed by atoms with E-state index in [0.717, 1.165) is 36.8 Å². The Bertz CT molecular complexity index is 858. The number of amides is 1. The van der Waals surface area contributed by atoms with Crippen molar-refractivity contribution in [2.45, 2.75) is 44.4 Å². The average molecular weight is 399 g/mol. The van der Waals surface area contributed by atoms with Crippen LogP contribution in [0.1, 0.15) is 42.6 Å². The zero-order valence-corrected chi connectivity index (χ0v) is 17.0. The Hall–Kier alpha value is -1.96. The van der Waals surface area contributed by atoms with E-state index < -0.39 is 5.79 Å². The molecule has 1 amide bonds. The average Bonchev–Trinajstić information content (AvgIpc) is 3.38. The van der Waals surface area contributed by atoms with Crippen LogP contribution < -0.4 is 0 Å². The Morgan fingerprint density at radius 1 is 0.966 bits per heavy atom. The van der Waals surface area contributed by atoms with Gasteiger partial charge in [-0.2, -0.15) is 5.10 Å². The highest BCUT2D eigenvalue weighted by Gasteiger charge is 2.41. The van der Waals surface area contributed by atoms with Crippen LogP contribution >= 0.6 is 0 Å². The van der Waals surface area contributed by atoms with Crippen molar-refractivity contribution in [3.8, 4) is 0 Å². The Morgan fingerprint density at radius 3 is 2.45 bits per heavy atom. The van der Waals surface area contributed by atoms with Crippen LogP contribution in [0.25, 0.3) is 10.9 Å². The summed E-state index contributed by atoms with van der Waals surface area (Å²) in [6.45, 7) is 6.75. The number of nitrogens with zero attached hydrogens (tertiary/aromatic N) is 4. The minimum Gasteiger partial charge on any atom is -0.347 e. The fourth-order valence-electron chi connectivity index (χ4n) is 4.86. The molecule has 156 valence electrons. The van der Waals surface area contributed by atoms with Crippen molar-refractivity contribution in [1.82, 2.24) is 19.6 Å². The largest absolute Gasteiger partial charge is 0.347 e. The Balaban J connectivity index is 1.32. The Kier molecular flexibility index (Phi) is 5.28. The van der Waals surface area contributed by atoms with E-state index in [1.54, 1.807) is 0 Å². The normalized spacial score (nSPS) is 22.6. The minimum atomic E-state index is -0.466. The molecule has 7 nitrogen and oxygen atoms in total. The summed E-state index contributed by atoms with van der Waals surface area (Å²) in [4.78, 5) is 17.7. The summed E-state index contributed by atoms with van der Waals surface area (Å²) in [6, 6.07) is 8.10. The smallest absolute Gasteiger partial charge is 0.275 e. The van der Waals surface area contributed by atoms with Crippen LogP contribution in [0.2, 0.25) is 0 Å². The fraction of sp³-hybridized carbons (Fsp3) is 0.636. The third kappa shape index (κ3) is 3.79. The predicted octanol–water partition coefficient (Wildman–Crippen LogP) is 2.50. The highest BCUT2D eigenvalue weighted by atomic mass is 16.7. The van der Waals surface area contributed by atoms with Gasteiger partial charge in [0.25, 0.3) is 5.91 Å². The van der Waals surface area contributed by atoms with Gasteiger partial charge in [0, 0.05) is 37.9 Å². The summed E-state index contributed by atoms with van der Waals surface area (Å²) in [6.07, 6.45) is 5.37. The molecule has 0 unspecified atom stereocenters. The van der Waals surface area contributed by atoms with E-state index in [1.807, 2.05) is 27.8 Å². The second-order valence-corrected chi connectivity index (χ2v) is 8.39. The van der Waals surface area contributed by atoms with Gasteiger partial charge in [0.1, 0.15) is 0 Å². The van der Waals surface area contributed by atoms with Gasteiger partial charge in [-0.1, -0.05) is 24.6 Å². The van der Waals surface area contributed by atoms with Gasteiger partial charge in [-0.3, -0.25) is 9.48 Å². The van der Waals surface area contributed by atoms with Gasteiger partial charge in [0.05, 0.1) is 25.3 Å². The lowest BCUT2D eigenvalue weighted by atomic mass is 10.0. The number of ether oxygens (including phenoxy) is 2. The molecule has 4 heterocycles. The zero-order valence-electron chi connectivity index (χ0n) is 17.0. The van der Waals surface area contributed by atoms with Crippen molar-refractivity contribution in [2.24, 2.45) is 0 Å². The van der Waals surface area contributed by atoms with Gasteiger partial charge < -0.3 is 19.3 Å². The van der Waals surface area contributed by atoms with E-state index in [2.05, 4.69) is 11.0 Å². The maximum absolute atomic E-state index is 13.3. The van der Waals surface area contributed by atoms with Gasteiger partial charge in [0.15, 0.2) is 11.5 Å². The molecule has 3 fully saturated rings. The molecular weight excluding hydrogens is 368 g/mol. The number of aromatic nitrogens is 2. The molecule has 3 saturated heterocycles. The summed E-state index contributed by atoms with van der Waals surface area (Å²) in [7, 11) is 0. The predicted molar refractivity (Wildman–Crippen MR) is 110 cm³/mol. The van der Waals surface area contributed by atoms with Crippen LogP contribution in [0.15, 0.2) is 24.3 Å². The van der Waals surface area contributed by atoms with E-state index in [-0.39, 0.29) is 5.91 Å². The van der Waals surface area contributed by atoms with Gasteiger partial charge in [-0.15, -0.1) is 0 Å². The third-order valence-corrected chi connectivity index (χ3v) is 6.56.